The van der Waals surface area contributed by atoms with Crippen molar-refractivity contribution in [3.05, 3.63) is 66.1 Å². The summed E-state index contributed by atoms with van der Waals surface area (Å²) in [6.45, 7) is 6.39. The van der Waals surface area contributed by atoms with Crippen LogP contribution in [0.15, 0.2) is 63.9 Å². The van der Waals surface area contributed by atoms with Crippen LogP contribution in [0.2, 0.25) is 0 Å². The summed E-state index contributed by atoms with van der Waals surface area (Å²) in [6, 6.07) is 16.3. The smallest absolute Gasteiger partial charge is 0.280 e. The van der Waals surface area contributed by atoms with Crippen LogP contribution in [0.4, 0.5) is 0 Å². The van der Waals surface area contributed by atoms with Crippen LogP contribution in [-0.2, 0) is 11.3 Å². The second kappa shape index (κ2) is 8.22. The lowest BCUT2D eigenvalue weighted by Gasteiger charge is -2.26. The average molecular weight is 402 g/mol. The standard InChI is InChI=1S/C23H22N4O3/c1-16-5-7-18(8-6-16)21-20(24-15-29-21)23-25-22(26-30-23)19-4-2-3-17(13-19)14-27-9-11-28-12-10-27/h2-8,13,15H,9-12,14H2,1H3. The van der Waals surface area contributed by atoms with E-state index in [1.165, 1.54) is 17.5 Å². The van der Waals surface area contributed by atoms with Gasteiger partial charge in [0.2, 0.25) is 5.82 Å². The average Bonchev–Trinajstić information content (AvgIpc) is 3.45. The van der Waals surface area contributed by atoms with Gasteiger partial charge in [0.1, 0.15) is 0 Å². The molecule has 1 aliphatic heterocycles. The Hall–Kier alpha value is -3.29. The quantitative estimate of drug-likeness (QED) is 0.495. The molecule has 0 spiro atoms. The molecule has 0 N–H and O–H groups in total. The Balaban J connectivity index is 1.40. The lowest BCUT2D eigenvalue weighted by molar-refractivity contribution is 0.0342. The number of hydrogen-bond acceptors (Lipinski definition) is 7. The van der Waals surface area contributed by atoms with Crippen LogP contribution in [0.25, 0.3) is 34.3 Å². The first-order valence-electron chi connectivity index (χ1n) is 10.0. The number of ether oxygens (including phenoxy) is 1. The minimum atomic E-state index is 0.341. The first-order chi connectivity index (χ1) is 14.8. The lowest BCUT2D eigenvalue weighted by atomic mass is 10.1. The first-order valence-corrected chi connectivity index (χ1v) is 10.0. The predicted molar refractivity (Wildman–Crippen MR) is 112 cm³/mol. The van der Waals surface area contributed by atoms with Gasteiger partial charge in [-0.15, -0.1) is 0 Å². The maximum atomic E-state index is 5.61. The van der Waals surface area contributed by atoms with Crippen LogP contribution < -0.4 is 0 Å². The molecule has 152 valence electrons. The third-order valence-corrected chi connectivity index (χ3v) is 5.20. The maximum absolute atomic E-state index is 5.61. The summed E-state index contributed by atoms with van der Waals surface area (Å²) in [4.78, 5) is 11.3. The van der Waals surface area contributed by atoms with Crippen molar-refractivity contribution in [1.29, 1.82) is 0 Å². The molecule has 0 unspecified atom stereocenters. The van der Waals surface area contributed by atoms with E-state index in [-0.39, 0.29) is 0 Å². The summed E-state index contributed by atoms with van der Waals surface area (Å²) in [5.41, 5.74) is 4.76. The SMILES string of the molecule is Cc1ccc(-c2ocnc2-c2nc(-c3cccc(CN4CCOCC4)c3)no2)cc1. The van der Waals surface area contributed by atoms with Crippen LogP contribution in [0.5, 0.6) is 0 Å². The second-order valence-electron chi connectivity index (χ2n) is 7.41. The number of rotatable bonds is 5. The molecule has 0 amide bonds. The molecule has 3 heterocycles. The molecule has 0 atom stereocenters. The van der Waals surface area contributed by atoms with E-state index < -0.39 is 0 Å². The van der Waals surface area contributed by atoms with Crippen LogP contribution in [0.1, 0.15) is 11.1 Å². The van der Waals surface area contributed by atoms with Gasteiger partial charge in [0.15, 0.2) is 17.8 Å². The number of benzene rings is 2. The fraction of sp³-hybridized carbons (Fsp3) is 0.261. The van der Waals surface area contributed by atoms with Crippen LogP contribution in [0, 0.1) is 6.92 Å². The van der Waals surface area contributed by atoms with Gasteiger partial charge in [0.05, 0.1) is 13.2 Å². The van der Waals surface area contributed by atoms with Gasteiger partial charge >= 0.3 is 0 Å². The van der Waals surface area contributed by atoms with Gasteiger partial charge in [-0.1, -0.05) is 53.2 Å². The summed E-state index contributed by atoms with van der Waals surface area (Å²) in [7, 11) is 0. The van der Waals surface area contributed by atoms with E-state index in [0.717, 1.165) is 44.0 Å². The highest BCUT2D eigenvalue weighted by Gasteiger charge is 2.20. The van der Waals surface area contributed by atoms with E-state index >= 15 is 0 Å². The van der Waals surface area contributed by atoms with Crippen molar-refractivity contribution < 1.29 is 13.7 Å². The Morgan fingerprint density at radius 1 is 1.00 bits per heavy atom. The summed E-state index contributed by atoms with van der Waals surface area (Å²) in [6.07, 6.45) is 1.40. The van der Waals surface area contributed by atoms with Crippen molar-refractivity contribution in [2.45, 2.75) is 13.5 Å². The van der Waals surface area contributed by atoms with Gasteiger partial charge in [-0.2, -0.15) is 4.98 Å². The van der Waals surface area contributed by atoms with Crippen molar-refractivity contribution >= 4 is 0 Å². The highest BCUT2D eigenvalue weighted by Crippen LogP contribution is 2.31. The zero-order valence-electron chi connectivity index (χ0n) is 16.7. The molecule has 4 aromatic rings. The Bertz CT molecular complexity index is 1130. The summed E-state index contributed by atoms with van der Waals surface area (Å²) >= 11 is 0. The zero-order chi connectivity index (χ0) is 20.3. The monoisotopic (exact) mass is 402 g/mol. The molecule has 5 rings (SSSR count). The minimum Gasteiger partial charge on any atom is -0.443 e. The molecule has 1 saturated heterocycles. The molecule has 7 nitrogen and oxygen atoms in total. The Kier molecular flexibility index (Phi) is 5.13. The minimum absolute atomic E-state index is 0.341. The largest absolute Gasteiger partial charge is 0.443 e. The van der Waals surface area contributed by atoms with E-state index in [2.05, 4.69) is 32.2 Å². The fourth-order valence-corrected chi connectivity index (χ4v) is 3.57. The van der Waals surface area contributed by atoms with Crippen molar-refractivity contribution in [1.82, 2.24) is 20.0 Å². The fourth-order valence-electron chi connectivity index (χ4n) is 3.57. The number of aryl methyl sites for hydroxylation is 1. The number of aromatic nitrogens is 3. The molecule has 7 heteroatoms. The van der Waals surface area contributed by atoms with Gasteiger partial charge in [0.25, 0.3) is 5.89 Å². The predicted octanol–water partition coefficient (Wildman–Crippen LogP) is 4.20. The first kappa shape index (κ1) is 18.7. The highest BCUT2D eigenvalue weighted by molar-refractivity contribution is 5.73. The van der Waals surface area contributed by atoms with Gasteiger partial charge in [-0.25, -0.2) is 4.98 Å². The Morgan fingerprint density at radius 3 is 2.67 bits per heavy atom. The van der Waals surface area contributed by atoms with Crippen molar-refractivity contribution in [2.24, 2.45) is 0 Å². The van der Waals surface area contributed by atoms with Crippen LogP contribution in [-0.4, -0.2) is 46.3 Å². The van der Waals surface area contributed by atoms with Crippen molar-refractivity contribution in [2.75, 3.05) is 26.3 Å². The van der Waals surface area contributed by atoms with E-state index in [4.69, 9.17) is 13.7 Å². The molecular formula is C23H22N4O3. The third-order valence-electron chi connectivity index (χ3n) is 5.20. The maximum Gasteiger partial charge on any atom is 0.280 e. The van der Waals surface area contributed by atoms with Crippen LogP contribution >= 0.6 is 0 Å². The number of oxazole rings is 1. The lowest BCUT2D eigenvalue weighted by Crippen LogP contribution is -2.35. The highest BCUT2D eigenvalue weighted by atomic mass is 16.5. The molecule has 2 aromatic carbocycles. The van der Waals surface area contributed by atoms with E-state index in [9.17, 15) is 0 Å². The van der Waals surface area contributed by atoms with Gasteiger partial charge < -0.3 is 13.7 Å². The van der Waals surface area contributed by atoms with Gasteiger partial charge in [-0.05, 0) is 18.6 Å². The summed E-state index contributed by atoms with van der Waals surface area (Å²) in [5.74, 6) is 1.49. The van der Waals surface area contributed by atoms with Gasteiger partial charge in [-0.3, -0.25) is 4.90 Å². The third kappa shape index (κ3) is 3.90. The number of nitrogens with zero attached hydrogens (tertiary/aromatic N) is 4. The molecule has 0 radical (unpaired) electrons. The van der Waals surface area contributed by atoms with E-state index in [1.54, 1.807) is 0 Å². The topological polar surface area (TPSA) is 77.4 Å². The molecule has 30 heavy (non-hydrogen) atoms. The summed E-state index contributed by atoms with van der Waals surface area (Å²) in [5, 5.41) is 4.18. The molecule has 0 bridgehead atoms. The van der Waals surface area contributed by atoms with E-state index in [0.29, 0.717) is 23.2 Å². The van der Waals surface area contributed by atoms with E-state index in [1.807, 2.05) is 43.3 Å². The normalized spacial score (nSPS) is 14.8. The van der Waals surface area contributed by atoms with Crippen molar-refractivity contribution in [3.63, 3.8) is 0 Å². The molecule has 0 aliphatic carbocycles. The second-order valence-corrected chi connectivity index (χ2v) is 7.41. The molecule has 0 saturated carbocycles. The summed E-state index contributed by atoms with van der Waals surface area (Å²) < 4.78 is 16.6. The van der Waals surface area contributed by atoms with Gasteiger partial charge in [0, 0.05) is 30.8 Å². The molecule has 2 aromatic heterocycles. The molecule has 1 aliphatic rings. The molecule has 1 fully saturated rings. The molecular weight excluding hydrogens is 380 g/mol. The Morgan fingerprint density at radius 2 is 1.83 bits per heavy atom. The number of hydrogen-bond donors (Lipinski definition) is 0. The number of morpholine rings is 1. The zero-order valence-corrected chi connectivity index (χ0v) is 16.7. The van der Waals surface area contributed by atoms with Crippen LogP contribution in [0.3, 0.4) is 0 Å². The Labute approximate surface area is 174 Å². The van der Waals surface area contributed by atoms with Crippen molar-refractivity contribution in [3.8, 4) is 34.3 Å².